The molecule has 1 amide bonds. The molecule has 7 heteroatoms. The third-order valence-corrected chi connectivity index (χ3v) is 3.97. The number of rotatable bonds is 4. The first-order valence-corrected chi connectivity index (χ1v) is 7.24. The van der Waals surface area contributed by atoms with Gasteiger partial charge in [0.25, 0.3) is 11.6 Å². The number of likely N-dealkylation sites (tertiary alicyclic amines) is 1. The topological polar surface area (TPSA) is 83.7 Å². The van der Waals surface area contributed by atoms with Crippen LogP contribution in [-0.4, -0.2) is 40.5 Å². The van der Waals surface area contributed by atoms with Crippen LogP contribution in [0.15, 0.2) is 18.2 Å². The van der Waals surface area contributed by atoms with Gasteiger partial charge in [0.05, 0.1) is 4.92 Å². The minimum Gasteiger partial charge on any atom is -0.396 e. The number of piperidine rings is 1. The summed E-state index contributed by atoms with van der Waals surface area (Å²) >= 11 is 5.76. The maximum absolute atomic E-state index is 12.5. The summed E-state index contributed by atoms with van der Waals surface area (Å²) in [6, 6.07) is 4.08. The molecule has 0 radical (unpaired) electrons. The van der Waals surface area contributed by atoms with Crippen LogP contribution in [0.1, 0.15) is 29.6 Å². The molecule has 1 aromatic rings. The van der Waals surface area contributed by atoms with Gasteiger partial charge in [-0.1, -0.05) is 11.6 Å². The van der Waals surface area contributed by atoms with E-state index in [-0.39, 0.29) is 34.7 Å². The first-order valence-electron chi connectivity index (χ1n) is 6.87. The molecular weight excluding hydrogens is 296 g/mol. The van der Waals surface area contributed by atoms with Gasteiger partial charge in [-0.2, -0.15) is 0 Å². The molecule has 1 saturated heterocycles. The highest BCUT2D eigenvalue weighted by molar-refractivity contribution is 6.31. The van der Waals surface area contributed by atoms with Gasteiger partial charge in [0, 0.05) is 30.8 Å². The summed E-state index contributed by atoms with van der Waals surface area (Å²) in [6.45, 7) is 1.20. The van der Waals surface area contributed by atoms with Gasteiger partial charge in [0.1, 0.15) is 5.56 Å². The van der Waals surface area contributed by atoms with Crippen molar-refractivity contribution in [2.24, 2.45) is 5.92 Å². The molecule has 1 unspecified atom stereocenters. The third kappa shape index (κ3) is 3.71. The van der Waals surface area contributed by atoms with E-state index in [1.807, 2.05) is 0 Å². The van der Waals surface area contributed by atoms with Crippen LogP contribution >= 0.6 is 11.6 Å². The highest BCUT2D eigenvalue weighted by atomic mass is 35.5. The minimum absolute atomic E-state index is 0.0639. The number of carbonyl (C=O) groups excluding carboxylic acids is 1. The first kappa shape index (κ1) is 15.7. The van der Waals surface area contributed by atoms with Crippen molar-refractivity contribution in [3.8, 4) is 0 Å². The number of nitrogens with zero attached hydrogens (tertiary/aromatic N) is 2. The van der Waals surface area contributed by atoms with Crippen molar-refractivity contribution in [1.29, 1.82) is 0 Å². The maximum Gasteiger partial charge on any atom is 0.283 e. The summed E-state index contributed by atoms with van der Waals surface area (Å²) < 4.78 is 0. The summed E-state index contributed by atoms with van der Waals surface area (Å²) in [6.07, 6.45) is 2.46. The number of amides is 1. The van der Waals surface area contributed by atoms with E-state index in [9.17, 15) is 14.9 Å². The largest absolute Gasteiger partial charge is 0.396 e. The van der Waals surface area contributed by atoms with E-state index in [1.165, 1.54) is 18.2 Å². The summed E-state index contributed by atoms with van der Waals surface area (Å²) in [7, 11) is 0. The molecule has 1 fully saturated rings. The van der Waals surface area contributed by atoms with E-state index in [1.54, 1.807) is 4.90 Å². The van der Waals surface area contributed by atoms with Crippen LogP contribution in [0.25, 0.3) is 0 Å². The molecule has 1 aliphatic rings. The predicted octanol–water partition coefficient (Wildman–Crippen LogP) is 2.48. The average molecular weight is 313 g/mol. The third-order valence-electron chi connectivity index (χ3n) is 3.73. The van der Waals surface area contributed by atoms with Gasteiger partial charge in [-0.15, -0.1) is 0 Å². The monoisotopic (exact) mass is 312 g/mol. The van der Waals surface area contributed by atoms with E-state index in [2.05, 4.69) is 0 Å². The zero-order chi connectivity index (χ0) is 15.4. The number of hydrogen-bond donors (Lipinski definition) is 1. The van der Waals surface area contributed by atoms with Crippen molar-refractivity contribution in [1.82, 2.24) is 4.90 Å². The number of halogens is 1. The summed E-state index contributed by atoms with van der Waals surface area (Å²) in [5, 5.41) is 20.3. The molecule has 114 valence electrons. The number of carbonyl (C=O) groups is 1. The lowest BCUT2D eigenvalue weighted by Gasteiger charge is -2.32. The molecule has 1 aliphatic heterocycles. The van der Waals surface area contributed by atoms with Crippen LogP contribution in [0.3, 0.4) is 0 Å². The second-order valence-corrected chi connectivity index (χ2v) is 5.63. The molecule has 21 heavy (non-hydrogen) atoms. The lowest BCUT2D eigenvalue weighted by molar-refractivity contribution is -0.385. The van der Waals surface area contributed by atoms with Gasteiger partial charge in [-0.3, -0.25) is 14.9 Å². The zero-order valence-electron chi connectivity index (χ0n) is 11.5. The molecule has 0 saturated carbocycles. The second kappa shape index (κ2) is 6.87. The van der Waals surface area contributed by atoms with Gasteiger partial charge >= 0.3 is 0 Å². The SMILES string of the molecule is O=C(c1ccc(Cl)cc1[N+](=O)[O-])N1CCCC(CCO)C1. The summed E-state index contributed by atoms with van der Waals surface area (Å²) in [5.74, 6) is -0.0972. The summed E-state index contributed by atoms with van der Waals surface area (Å²) in [4.78, 5) is 24.6. The van der Waals surface area contributed by atoms with Crippen LogP contribution < -0.4 is 0 Å². The van der Waals surface area contributed by atoms with Crippen LogP contribution in [0.2, 0.25) is 5.02 Å². The molecule has 1 aromatic carbocycles. The molecule has 0 bridgehead atoms. The molecule has 1 atom stereocenters. The minimum atomic E-state index is -0.589. The fourth-order valence-corrected chi connectivity index (χ4v) is 2.84. The van der Waals surface area contributed by atoms with Crippen molar-refractivity contribution in [2.75, 3.05) is 19.7 Å². The van der Waals surface area contributed by atoms with E-state index in [0.29, 0.717) is 19.5 Å². The quantitative estimate of drug-likeness (QED) is 0.684. The Balaban J connectivity index is 2.21. The van der Waals surface area contributed by atoms with Crippen molar-refractivity contribution in [3.63, 3.8) is 0 Å². The maximum atomic E-state index is 12.5. The number of nitro benzene ring substituents is 1. The second-order valence-electron chi connectivity index (χ2n) is 5.19. The number of benzene rings is 1. The Morgan fingerprint density at radius 1 is 1.52 bits per heavy atom. The highest BCUT2D eigenvalue weighted by Gasteiger charge is 2.28. The fourth-order valence-electron chi connectivity index (χ4n) is 2.67. The number of aliphatic hydroxyl groups is 1. The molecule has 0 spiro atoms. The lowest BCUT2D eigenvalue weighted by Crippen LogP contribution is -2.40. The van der Waals surface area contributed by atoms with Crippen molar-refractivity contribution < 1.29 is 14.8 Å². The molecule has 0 aromatic heterocycles. The average Bonchev–Trinajstić information content (AvgIpc) is 2.47. The van der Waals surface area contributed by atoms with Crippen molar-refractivity contribution in [2.45, 2.75) is 19.3 Å². The Bertz CT molecular complexity index is 548. The van der Waals surface area contributed by atoms with Gasteiger partial charge in [0.15, 0.2) is 0 Å². The first-order chi connectivity index (χ1) is 10.0. The number of nitro groups is 1. The molecule has 1 N–H and O–H groups in total. The summed E-state index contributed by atoms with van der Waals surface area (Å²) in [5.41, 5.74) is -0.203. The van der Waals surface area contributed by atoms with Crippen LogP contribution in [0.4, 0.5) is 5.69 Å². The van der Waals surface area contributed by atoms with Gasteiger partial charge < -0.3 is 10.0 Å². The molecule has 2 rings (SSSR count). The molecular formula is C14H17ClN2O4. The highest BCUT2D eigenvalue weighted by Crippen LogP contribution is 2.27. The smallest absolute Gasteiger partial charge is 0.283 e. The van der Waals surface area contributed by atoms with E-state index in [4.69, 9.17) is 16.7 Å². The van der Waals surface area contributed by atoms with Crippen molar-refractivity contribution >= 4 is 23.2 Å². The number of aliphatic hydroxyl groups excluding tert-OH is 1. The molecule has 0 aliphatic carbocycles. The molecule has 6 nitrogen and oxygen atoms in total. The Hall–Kier alpha value is -1.66. The van der Waals surface area contributed by atoms with E-state index in [0.717, 1.165) is 12.8 Å². The van der Waals surface area contributed by atoms with Crippen LogP contribution in [0, 0.1) is 16.0 Å². The Morgan fingerprint density at radius 2 is 2.29 bits per heavy atom. The van der Waals surface area contributed by atoms with E-state index < -0.39 is 4.92 Å². The van der Waals surface area contributed by atoms with Crippen molar-refractivity contribution in [3.05, 3.63) is 38.9 Å². The fraction of sp³-hybridized carbons (Fsp3) is 0.500. The van der Waals surface area contributed by atoms with Gasteiger partial charge in [-0.25, -0.2) is 0 Å². The predicted molar refractivity (Wildman–Crippen MR) is 78.4 cm³/mol. The lowest BCUT2D eigenvalue weighted by atomic mass is 9.94. The van der Waals surface area contributed by atoms with E-state index >= 15 is 0 Å². The molecule has 1 heterocycles. The number of hydrogen-bond acceptors (Lipinski definition) is 4. The Kier molecular flexibility index (Phi) is 5.14. The van der Waals surface area contributed by atoms with Gasteiger partial charge in [-0.05, 0) is 37.3 Å². The normalized spacial score (nSPS) is 18.6. The Morgan fingerprint density at radius 3 is 2.95 bits per heavy atom. The van der Waals surface area contributed by atoms with Crippen LogP contribution in [0.5, 0.6) is 0 Å². The standard InChI is InChI=1S/C14H17ClN2O4/c15-11-3-4-12(13(8-11)17(20)21)14(19)16-6-1-2-10(9-16)5-7-18/h3-4,8,10,18H,1-2,5-7,9H2. The zero-order valence-corrected chi connectivity index (χ0v) is 12.3. The van der Waals surface area contributed by atoms with Gasteiger partial charge in [0.2, 0.25) is 0 Å². The Labute approximate surface area is 127 Å². The van der Waals surface area contributed by atoms with Crippen LogP contribution in [-0.2, 0) is 0 Å².